The van der Waals surface area contributed by atoms with Gasteiger partial charge in [0.15, 0.2) is 0 Å². The van der Waals surface area contributed by atoms with Crippen LogP contribution >= 0.6 is 11.8 Å². The fourth-order valence-corrected chi connectivity index (χ4v) is 4.31. The molecule has 0 unspecified atom stereocenters. The molecule has 0 bridgehead atoms. The third-order valence-electron chi connectivity index (χ3n) is 4.81. The van der Waals surface area contributed by atoms with Crippen LogP contribution in [0.1, 0.15) is 53.7 Å². The number of amides is 1. The molecule has 0 atom stereocenters. The standard InChI is InChI=1S/C21H23F3N2OS/c22-21(23,24)18-12-11-17(19(27)25-16-9-5-2-6-10-16)20(26-18)28-14-13-15-7-3-1-4-8-15/h1,3-4,7-8,11-12,16H,2,5-6,9-10,13-14H2,(H,25,27). The molecule has 1 heterocycles. The van der Waals surface area contributed by atoms with Crippen molar-refractivity contribution in [1.29, 1.82) is 0 Å². The van der Waals surface area contributed by atoms with Gasteiger partial charge >= 0.3 is 6.18 Å². The maximum Gasteiger partial charge on any atom is 0.433 e. The predicted molar refractivity (Wildman–Crippen MR) is 104 cm³/mol. The van der Waals surface area contributed by atoms with E-state index in [1.807, 2.05) is 30.3 Å². The first-order valence-corrected chi connectivity index (χ1v) is 10.5. The lowest BCUT2D eigenvalue weighted by molar-refractivity contribution is -0.141. The first-order valence-electron chi connectivity index (χ1n) is 9.49. The second-order valence-corrected chi connectivity index (χ2v) is 8.02. The van der Waals surface area contributed by atoms with E-state index in [2.05, 4.69) is 10.3 Å². The van der Waals surface area contributed by atoms with E-state index >= 15 is 0 Å². The molecule has 0 spiro atoms. The van der Waals surface area contributed by atoms with Crippen LogP contribution in [-0.4, -0.2) is 22.7 Å². The number of benzene rings is 1. The molecular weight excluding hydrogens is 385 g/mol. The SMILES string of the molecule is O=C(NC1CCCCC1)c1ccc(C(F)(F)F)nc1SCCc1ccccc1. The number of nitrogens with one attached hydrogen (secondary N) is 1. The van der Waals surface area contributed by atoms with Gasteiger partial charge in [0.1, 0.15) is 10.7 Å². The Balaban J connectivity index is 1.74. The first-order chi connectivity index (χ1) is 13.4. The molecule has 3 nitrogen and oxygen atoms in total. The number of hydrogen-bond acceptors (Lipinski definition) is 3. The minimum Gasteiger partial charge on any atom is -0.349 e. The second-order valence-electron chi connectivity index (χ2n) is 6.94. The highest BCUT2D eigenvalue weighted by Gasteiger charge is 2.33. The van der Waals surface area contributed by atoms with Crippen molar-refractivity contribution >= 4 is 17.7 Å². The molecule has 0 saturated heterocycles. The van der Waals surface area contributed by atoms with Gasteiger partial charge in [-0.3, -0.25) is 4.79 Å². The van der Waals surface area contributed by atoms with Gasteiger partial charge in [0.2, 0.25) is 0 Å². The van der Waals surface area contributed by atoms with Crippen LogP contribution in [0, 0.1) is 0 Å². The molecule has 1 N–H and O–H groups in total. The normalized spacial score (nSPS) is 15.4. The average molecular weight is 408 g/mol. The highest BCUT2D eigenvalue weighted by Crippen LogP contribution is 2.31. The van der Waals surface area contributed by atoms with E-state index < -0.39 is 11.9 Å². The summed E-state index contributed by atoms with van der Waals surface area (Å²) in [6, 6.07) is 11.9. The molecule has 0 radical (unpaired) electrons. The summed E-state index contributed by atoms with van der Waals surface area (Å²) in [5, 5.41) is 3.11. The van der Waals surface area contributed by atoms with Crippen LogP contribution in [0.25, 0.3) is 0 Å². The van der Waals surface area contributed by atoms with Crippen molar-refractivity contribution in [3.05, 3.63) is 59.3 Å². The van der Waals surface area contributed by atoms with E-state index in [4.69, 9.17) is 0 Å². The van der Waals surface area contributed by atoms with E-state index in [9.17, 15) is 18.0 Å². The monoisotopic (exact) mass is 408 g/mol. The van der Waals surface area contributed by atoms with Crippen molar-refractivity contribution in [1.82, 2.24) is 10.3 Å². The second kappa shape index (κ2) is 9.45. The maximum atomic E-state index is 13.1. The zero-order valence-corrected chi connectivity index (χ0v) is 16.3. The topological polar surface area (TPSA) is 42.0 Å². The van der Waals surface area contributed by atoms with Gasteiger partial charge in [-0.15, -0.1) is 11.8 Å². The summed E-state index contributed by atoms with van der Waals surface area (Å²) in [7, 11) is 0. The van der Waals surface area contributed by atoms with Gasteiger partial charge < -0.3 is 5.32 Å². The van der Waals surface area contributed by atoms with E-state index in [0.29, 0.717) is 12.2 Å². The van der Waals surface area contributed by atoms with Crippen LogP contribution in [0.5, 0.6) is 0 Å². The van der Waals surface area contributed by atoms with Gasteiger partial charge in [-0.05, 0) is 37.0 Å². The van der Waals surface area contributed by atoms with Crippen molar-refractivity contribution in [3.63, 3.8) is 0 Å². The van der Waals surface area contributed by atoms with Gasteiger partial charge in [-0.2, -0.15) is 13.2 Å². The molecule has 1 fully saturated rings. The van der Waals surface area contributed by atoms with Crippen molar-refractivity contribution in [2.75, 3.05) is 5.75 Å². The Labute approximate surface area is 167 Å². The van der Waals surface area contributed by atoms with E-state index in [0.717, 1.165) is 43.7 Å². The lowest BCUT2D eigenvalue weighted by Gasteiger charge is -2.23. The molecule has 3 rings (SSSR count). The van der Waals surface area contributed by atoms with Crippen LogP contribution < -0.4 is 5.32 Å². The van der Waals surface area contributed by atoms with Crippen LogP contribution in [0.2, 0.25) is 0 Å². The number of hydrogen-bond donors (Lipinski definition) is 1. The fraction of sp³-hybridized carbons (Fsp3) is 0.429. The lowest BCUT2D eigenvalue weighted by atomic mass is 9.95. The highest BCUT2D eigenvalue weighted by molar-refractivity contribution is 7.99. The molecule has 1 amide bonds. The highest BCUT2D eigenvalue weighted by atomic mass is 32.2. The van der Waals surface area contributed by atoms with Crippen LogP contribution in [-0.2, 0) is 12.6 Å². The molecule has 28 heavy (non-hydrogen) atoms. The molecule has 1 aromatic carbocycles. The fourth-order valence-electron chi connectivity index (χ4n) is 3.30. The number of thioether (sulfide) groups is 1. The molecule has 1 aliphatic rings. The molecule has 1 saturated carbocycles. The van der Waals surface area contributed by atoms with Crippen molar-refractivity contribution < 1.29 is 18.0 Å². The molecule has 1 aromatic heterocycles. The van der Waals surface area contributed by atoms with Crippen LogP contribution in [0.4, 0.5) is 13.2 Å². The summed E-state index contributed by atoms with van der Waals surface area (Å²) in [6.45, 7) is 0. The summed E-state index contributed by atoms with van der Waals surface area (Å²) in [5.74, 6) is 0.206. The minimum atomic E-state index is -4.53. The van der Waals surface area contributed by atoms with Gasteiger partial charge in [0.05, 0.1) is 5.56 Å². The van der Waals surface area contributed by atoms with E-state index in [1.165, 1.54) is 17.8 Å². The third kappa shape index (κ3) is 5.74. The summed E-state index contributed by atoms with van der Waals surface area (Å²) in [5.41, 5.74) is 0.343. The quantitative estimate of drug-likeness (QED) is 0.642. The van der Waals surface area contributed by atoms with Crippen molar-refractivity contribution in [2.24, 2.45) is 0 Å². The zero-order valence-electron chi connectivity index (χ0n) is 15.5. The van der Waals surface area contributed by atoms with Crippen LogP contribution in [0.3, 0.4) is 0 Å². The number of aryl methyl sites for hydroxylation is 1. The molecule has 0 aliphatic heterocycles. The third-order valence-corrected chi connectivity index (χ3v) is 5.80. The van der Waals surface area contributed by atoms with Crippen molar-refractivity contribution in [3.8, 4) is 0 Å². The number of rotatable bonds is 6. The van der Waals surface area contributed by atoms with Crippen LogP contribution in [0.15, 0.2) is 47.5 Å². The summed E-state index contributed by atoms with van der Waals surface area (Å²) < 4.78 is 39.3. The number of aromatic nitrogens is 1. The Morgan fingerprint density at radius 3 is 2.46 bits per heavy atom. The first kappa shape index (κ1) is 20.7. The Kier molecular flexibility index (Phi) is 6.99. The molecular formula is C21H23F3N2OS. The summed E-state index contributed by atoms with van der Waals surface area (Å²) >= 11 is 1.19. The van der Waals surface area contributed by atoms with Gasteiger partial charge in [-0.1, -0.05) is 49.6 Å². The number of nitrogens with zero attached hydrogens (tertiary/aromatic N) is 1. The molecule has 2 aromatic rings. The Hall–Kier alpha value is -2.02. The summed E-state index contributed by atoms with van der Waals surface area (Å²) in [6.07, 6.45) is 1.27. The minimum absolute atomic E-state index is 0.0886. The van der Waals surface area contributed by atoms with Gasteiger partial charge in [0, 0.05) is 11.8 Å². The Morgan fingerprint density at radius 2 is 1.79 bits per heavy atom. The predicted octanol–water partition coefficient (Wildman–Crippen LogP) is 5.50. The largest absolute Gasteiger partial charge is 0.433 e. The van der Waals surface area contributed by atoms with Gasteiger partial charge in [-0.25, -0.2) is 4.98 Å². The lowest BCUT2D eigenvalue weighted by Crippen LogP contribution is -2.36. The number of carbonyl (C=O) groups excluding carboxylic acids is 1. The maximum absolute atomic E-state index is 13.1. The number of pyridine rings is 1. The van der Waals surface area contributed by atoms with E-state index in [-0.39, 0.29) is 22.5 Å². The average Bonchev–Trinajstić information content (AvgIpc) is 2.69. The molecule has 1 aliphatic carbocycles. The van der Waals surface area contributed by atoms with Gasteiger partial charge in [0.25, 0.3) is 5.91 Å². The molecule has 7 heteroatoms. The number of carbonyl (C=O) groups is 1. The Bertz CT molecular complexity index is 790. The number of halogens is 3. The number of alkyl halides is 3. The van der Waals surface area contributed by atoms with E-state index in [1.54, 1.807) is 0 Å². The summed E-state index contributed by atoms with van der Waals surface area (Å²) in [4.78, 5) is 16.4. The van der Waals surface area contributed by atoms with Crippen molar-refractivity contribution in [2.45, 2.75) is 55.8 Å². The smallest absolute Gasteiger partial charge is 0.349 e. The molecule has 150 valence electrons. The Morgan fingerprint density at radius 1 is 1.07 bits per heavy atom. The zero-order chi connectivity index (χ0) is 20.0.